The molecule has 7 nitrogen and oxygen atoms in total. The molecule has 1 aliphatic rings. The maximum absolute atomic E-state index is 11.8. The summed E-state index contributed by atoms with van der Waals surface area (Å²) in [7, 11) is 1.71. The van der Waals surface area contributed by atoms with Crippen molar-refractivity contribution in [3.8, 4) is 0 Å². The molecule has 2 heterocycles. The second-order valence-electron chi connectivity index (χ2n) is 3.82. The summed E-state index contributed by atoms with van der Waals surface area (Å²) in [4.78, 5) is 23.0. The highest BCUT2D eigenvalue weighted by molar-refractivity contribution is 6.07. The van der Waals surface area contributed by atoms with E-state index in [0.29, 0.717) is 5.69 Å². The van der Waals surface area contributed by atoms with Gasteiger partial charge in [-0.05, 0) is 12.5 Å². The molecule has 1 unspecified atom stereocenters. The van der Waals surface area contributed by atoms with Gasteiger partial charge in [-0.1, -0.05) is 0 Å². The van der Waals surface area contributed by atoms with Crippen LogP contribution in [0.1, 0.15) is 11.3 Å². The first-order chi connectivity index (χ1) is 7.51. The van der Waals surface area contributed by atoms with Gasteiger partial charge in [-0.3, -0.25) is 14.8 Å². The fourth-order valence-corrected chi connectivity index (χ4v) is 2.06. The smallest absolute Gasteiger partial charge is 0.322 e. The van der Waals surface area contributed by atoms with E-state index in [0.717, 1.165) is 5.56 Å². The second kappa shape index (κ2) is 3.31. The molecule has 2 rings (SSSR count). The largest absolute Gasteiger partial charge is 0.327 e. The third-order valence-corrected chi connectivity index (χ3v) is 2.77. The molecular weight excluding hydrogens is 210 g/mol. The Labute approximate surface area is 92.0 Å². The molecule has 4 N–H and O–H groups in total. The predicted molar refractivity (Wildman–Crippen MR) is 55.4 cm³/mol. The summed E-state index contributed by atoms with van der Waals surface area (Å²) in [5.41, 5.74) is 5.85. The number of nitrogens with one attached hydrogen (secondary N) is 2. The lowest BCUT2D eigenvalue weighted by atomic mass is 9.93. The molecule has 0 saturated carbocycles. The monoisotopic (exact) mass is 223 g/mol. The van der Waals surface area contributed by atoms with E-state index >= 15 is 0 Å². The summed E-state index contributed by atoms with van der Waals surface area (Å²) in [6, 6.07) is -0.531. The lowest BCUT2D eigenvalue weighted by Crippen LogP contribution is -2.51. The van der Waals surface area contributed by atoms with Gasteiger partial charge in [0, 0.05) is 13.6 Å². The Balaban J connectivity index is 2.59. The lowest BCUT2D eigenvalue weighted by Gasteiger charge is -2.25. The fraction of sp³-hybridized carbons (Fsp3) is 0.444. The van der Waals surface area contributed by atoms with Gasteiger partial charge in [0.1, 0.15) is 0 Å². The summed E-state index contributed by atoms with van der Waals surface area (Å²) >= 11 is 0. The molecule has 3 amide bonds. The number of carbonyl (C=O) groups excluding carboxylic acids is 2. The number of hydrogen-bond donors (Lipinski definition) is 3. The van der Waals surface area contributed by atoms with Crippen molar-refractivity contribution < 1.29 is 9.59 Å². The maximum atomic E-state index is 11.8. The molecule has 0 radical (unpaired) electrons. The van der Waals surface area contributed by atoms with Crippen LogP contribution in [0.25, 0.3) is 0 Å². The Morgan fingerprint density at radius 3 is 2.62 bits per heavy atom. The van der Waals surface area contributed by atoms with Gasteiger partial charge in [0.25, 0.3) is 5.91 Å². The fourth-order valence-electron chi connectivity index (χ4n) is 2.06. The normalized spacial score (nSPS) is 24.4. The van der Waals surface area contributed by atoms with Crippen LogP contribution in [-0.2, 0) is 17.4 Å². The van der Waals surface area contributed by atoms with Crippen molar-refractivity contribution >= 4 is 11.9 Å². The van der Waals surface area contributed by atoms with Crippen LogP contribution in [0.5, 0.6) is 0 Å². The summed E-state index contributed by atoms with van der Waals surface area (Å²) in [6.07, 6.45) is 1.63. The number of rotatable bonds is 2. The van der Waals surface area contributed by atoms with E-state index in [1.165, 1.54) is 0 Å². The number of nitrogens with two attached hydrogens (primary N) is 1. The molecule has 1 aromatic heterocycles. The Morgan fingerprint density at radius 2 is 2.25 bits per heavy atom. The first-order valence-electron chi connectivity index (χ1n) is 4.84. The van der Waals surface area contributed by atoms with Crippen LogP contribution in [0.2, 0.25) is 0 Å². The van der Waals surface area contributed by atoms with E-state index < -0.39 is 17.5 Å². The zero-order valence-electron chi connectivity index (χ0n) is 9.07. The molecule has 16 heavy (non-hydrogen) atoms. The Bertz CT molecular complexity index is 447. The topological polar surface area (TPSA) is 102 Å². The van der Waals surface area contributed by atoms with Crippen LogP contribution >= 0.6 is 0 Å². The van der Waals surface area contributed by atoms with E-state index in [4.69, 9.17) is 5.73 Å². The van der Waals surface area contributed by atoms with E-state index in [-0.39, 0.29) is 6.54 Å². The molecule has 0 aliphatic carbocycles. The predicted octanol–water partition coefficient (Wildman–Crippen LogP) is -1.28. The van der Waals surface area contributed by atoms with Crippen molar-refractivity contribution in [1.82, 2.24) is 20.4 Å². The molecule has 0 bridgehead atoms. The van der Waals surface area contributed by atoms with Gasteiger partial charge < -0.3 is 11.1 Å². The quantitative estimate of drug-likeness (QED) is 0.543. The number of urea groups is 1. The molecule has 0 aromatic carbocycles. The number of hydrogen-bond acceptors (Lipinski definition) is 4. The van der Waals surface area contributed by atoms with Crippen molar-refractivity contribution in [2.45, 2.75) is 12.5 Å². The summed E-state index contributed by atoms with van der Waals surface area (Å²) in [5.74, 6) is -0.438. The van der Waals surface area contributed by atoms with Crippen molar-refractivity contribution in [3.05, 3.63) is 17.5 Å². The van der Waals surface area contributed by atoms with Gasteiger partial charge >= 0.3 is 6.03 Å². The molecule has 1 fully saturated rings. The van der Waals surface area contributed by atoms with Gasteiger partial charge in [-0.15, -0.1) is 0 Å². The molecule has 1 saturated heterocycles. The number of aromatic nitrogens is 2. The number of nitrogens with zero attached hydrogens (tertiary/aromatic N) is 2. The molecular formula is C9H13N5O2. The third kappa shape index (κ3) is 1.21. The minimum Gasteiger partial charge on any atom is -0.327 e. The van der Waals surface area contributed by atoms with E-state index in [1.807, 2.05) is 6.92 Å². The first kappa shape index (κ1) is 10.6. The van der Waals surface area contributed by atoms with Crippen LogP contribution in [0.15, 0.2) is 6.20 Å². The lowest BCUT2D eigenvalue weighted by molar-refractivity contribution is -0.124. The Morgan fingerprint density at radius 1 is 1.56 bits per heavy atom. The van der Waals surface area contributed by atoms with E-state index in [9.17, 15) is 9.59 Å². The van der Waals surface area contributed by atoms with Crippen molar-refractivity contribution in [3.63, 3.8) is 0 Å². The first-order valence-corrected chi connectivity index (χ1v) is 4.84. The minimum absolute atomic E-state index is 0.00898. The Hall–Kier alpha value is -1.89. The molecule has 1 aliphatic heterocycles. The van der Waals surface area contributed by atoms with Gasteiger partial charge in [0.05, 0.1) is 11.9 Å². The standard InChI is InChI=1S/C9H13N5O2/c1-5-3-11-14(2)6(5)9(4-10)7(15)12-8(16)13-9/h3H,4,10H2,1-2H3,(H2,12,13,15,16). The van der Waals surface area contributed by atoms with Crippen LogP contribution in [0, 0.1) is 6.92 Å². The van der Waals surface area contributed by atoms with Gasteiger partial charge in [-0.25, -0.2) is 4.79 Å². The molecule has 0 spiro atoms. The molecule has 86 valence electrons. The summed E-state index contributed by atoms with van der Waals surface area (Å²) < 4.78 is 1.55. The number of aryl methyl sites for hydroxylation is 2. The van der Waals surface area contributed by atoms with Crippen LogP contribution < -0.4 is 16.4 Å². The number of imide groups is 1. The average molecular weight is 223 g/mol. The number of carbonyl (C=O) groups is 2. The highest BCUT2D eigenvalue weighted by Crippen LogP contribution is 2.25. The average Bonchev–Trinajstić information content (AvgIpc) is 2.69. The SMILES string of the molecule is Cc1cnn(C)c1C1(CN)NC(=O)NC1=O. The van der Waals surface area contributed by atoms with E-state index in [1.54, 1.807) is 17.9 Å². The summed E-state index contributed by atoms with van der Waals surface area (Å²) in [5, 5.41) is 8.80. The molecule has 7 heteroatoms. The van der Waals surface area contributed by atoms with Crippen LogP contribution in [-0.4, -0.2) is 28.3 Å². The van der Waals surface area contributed by atoms with E-state index in [2.05, 4.69) is 15.7 Å². The highest BCUT2D eigenvalue weighted by atomic mass is 16.2. The van der Waals surface area contributed by atoms with Gasteiger partial charge in [0.15, 0.2) is 5.54 Å². The molecule has 1 atom stereocenters. The van der Waals surface area contributed by atoms with Crippen molar-refractivity contribution in [1.29, 1.82) is 0 Å². The minimum atomic E-state index is -1.20. The highest BCUT2D eigenvalue weighted by Gasteiger charge is 2.49. The van der Waals surface area contributed by atoms with Gasteiger partial charge in [-0.2, -0.15) is 5.10 Å². The van der Waals surface area contributed by atoms with Crippen LogP contribution in [0.3, 0.4) is 0 Å². The van der Waals surface area contributed by atoms with Crippen molar-refractivity contribution in [2.24, 2.45) is 12.8 Å². The molecule has 1 aromatic rings. The maximum Gasteiger partial charge on any atom is 0.322 e. The summed E-state index contributed by atoms with van der Waals surface area (Å²) in [6.45, 7) is 1.81. The zero-order valence-corrected chi connectivity index (χ0v) is 9.07. The van der Waals surface area contributed by atoms with Crippen molar-refractivity contribution in [2.75, 3.05) is 6.54 Å². The van der Waals surface area contributed by atoms with Crippen LogP contribution in [0.4, 0.5) is 4.79 Å². The Kier molecular flexibility index (Phi) is 2.20. The zero-order chi connectivity index (χ0) is 11.9. The number of amides is 3. The third-order valence-electron chi connectivity index (χ3n) is 2.77. The van der Waals surface area contributed by atoms with Gasteiger partial charge in [0.2, 0.25) is 0 Å². The second-order valence-corrected chi connectivity index (χ2v) is 3.82.